The van der Waals surface area contributed by atoms with Crippen molar-refractivity contribution < 1.29 is 14.6 Å². The number of nitrogens with zero attached hydrogens (tertiary/aromatic N) is 1. The predicted molar refractivity (Wildman–Crippen MR) is 101 cm³/mol. The van der Waals surface area contributed by atoms with Crippen molar-refractivity contribution in [1.29, 1.82) is 0 Å². The first kappa shape index (κ1) is 18.1. The molecular formula is C21H24N2O3. The van der Waals surface area contributed by atoms with Crippen LogP contribution in [0.2, 0.25) is 0 Å². The predicted octanol–water partition coefficient (Wildman–Crippen LogP) is 3.72. The molecule has 0 radical (unpaired) electrons. The van der Waals surface area contributed by atoms with Crippen LogP contribution in [0.25, 0.3) is 11.0 Å². The third kappa shape index (κ3) is 4.49. The summed E-state index contributed by atoms with van der Waals surface area (Å²) in [5, 5.41) is 10.5. The summed E-state index contributed by atoms with van der Waals surface area (Å²) in [6, 6.07) is 15.8. The van der Waals surface area contributed by atoms with Crippen molar-refractivity contribution in [2.24, 2.45) is 0 Å². The number of aryl methyl sites for hydroxylation is 2. The van der Waals surface area contributed by atoms with Gasteiger partial charge in [0.15, 0.2) is 0 Å². The molecule has 2 aromatic carbocycles. The van der Waals surface area contributed by atoms with E-state index >= 15 is 0 Å². The van der Waals surface area contributed by atoms with Crippen LogP contribution in [0.4, 0.5) is 0 Å². The number of hydrogen-bond donors (Lipinski definition) is 2. The summed E-state index contributed by atoms with van der Waals surface area (Å²) in [6.45, 7) is 2.31. The Morgan fingerprint density at radius 3 is 2.73 bits per heavy atom. The van der Waals surface area contributed by atoms with E-state index in [2.05, 4.69) is 22.1 Å². The molecule has 136 valence electrons. The van der Waals surface area contributed by atoms with E-state index in [-0.39, 0.29) is 6.42 Å². The van der Waals surface area contributed by atoms with Crippen molar-refractivity contribution in [3.63, 3.8) is 0 Å². The van der Waals surface area contributed by atoms with E-state index in [1.54, 1.807) is 0 Å². The Morgan fingerprint density at radius 2 is 1.96 bits per heavy atom. The number of ether oxygens (including phenoxy) is 1. The van der Waals surface area contributed by atoms with Crippen molar-refractivity contribution in [3.05, 3.63) is 65.5 Å². The smallest absolute Gasteiger partial charge is 0.308 e. The monoisotopic (exact) mass is 352 g/mol. The number of aromatic nitrogens is 2. The standard InChI is InChI=1S/C21H24N2O3/c1-2-13-26-20(25)14-18(24)16-9-6-10-17-21(16)23-19(22-17)12-11-15-7-4-3-5-8-15/h3-10,18,24H,2,11-14H2,1H3,(H,22,23). The molecule has 0 fully saturated rings. The zero-order valence-electron chi connectivity index (χ0n) is 14.9. The molecule has 26 heavy (non-hydrogen) atoms. The fourth-order valence-corrected chi connectivity index (χ4v) is 2.94. The molecule has 0 spiro atoms. The maximum atomic E-state index is 11.8. The summed E-state index contributed by atoms with van der Waals surface area (Å²) in [5.74, 6) is 0.480. The molecular weight excluding hydrogens is 328 g/mol. The maximum Gasteiger partial charge on any atom is 0.308 e. The number of aromatic amines is 1. The second kappa shape index (κ2) is 8.63. The van der Waals surface area contributed by atoms with Gasteiger partial charge in [-0.3, -0.25) is 4.79 Å². The lowest BCUT2D eigenvalue weighted by molar-refractivity contribution is -0.145. The summed E-state index contributed by atoms with van der Waals surface area (Å²) >= 11 is 0. The number of aliphatic hydroxyl groups excluding tert-OH is 1. The van der Waals surface area contributed by atoms with E-state index in [9.17, 15) is 9.90 Å². The molecule has 5 nitrogen and oxygen atoms in total. The third-order valence-corrected chi connectivity index (χ3v) is 4.27. The number of H-pyrrole nitrogens is 1. The zero-order chi connectivity index (χ0) is 18.4. The highest BCUT2D eigenvalue weighted by molar-refractivity contribution is 5.80. The van der Waals surface area contributed by atoms with Crippen LogP contribution in [0.3, 0.4) is 0 Å². The molecule has 1 atom stereocenters. The quantitative estimate of drug-likeness (QED) is 0.606. The van der Waals surface area contributed by atoms with Crippen molar-refractivity contribution >= 4 is 17.0 Å². The summed E-state index contributed by atoms with van der Waals surface area (Å²) in [7, 11) is 0. The Kier molecular flexibility index (Phi) is 6.02. The Balaban J connectivity index is 1.73. The molecule has 0 saturated heterocycles. The van der Waals surface area contributed by atoms with E-state index < -0.39 is 12.1 Å². The number of benzene rings is 2. The lowest BCUT2D eigenvalue weighted by atomic mass is 10.1. The van der Waals surface area contributed by atoms with Gasteiger partial charge in [-0.15, -0.1) is 0 Å². The van der Waals surface area contributed by atoms with Crippen LogP contribution >= 0.6 is 0 Å². The van der Waals surface area contributed by atoms with Crippen LogP contribution in [0.5, 0.6) is 0 Å². The molecule has 0 bridgehead atoms. The normalized spacial score (nSPS) is 12.2. The summed E-state index contributed by atoms with van der Waals surface area (Å²) in [5.41, 5.74) is 3.49. The molecule has 3 rings (SSSR count). The fraction of sp³-hybridized carbons (Fsp3) is 0.333. The molecule has 0 amide bonds. The number of fused-ring (bicyclic) bond motifs is 1. The van der Waals surface area contributed by atoms with E-state index in [1.807, 2.05) is 43.3 Å². The molecule has 3 aromatic rings. The van der Waals surface area contributed by atoms with Crippen LogP contribution in [0, 0.1) is 0 Å². The zero-order valence-corrected chi connectivity index (χ0v) is 14.9. The van der Waals surface area contributed by atoms with Gasteiger partial charge in [-0.05, 0) is 24.5 Å². The van der Waals surface area contributed by atoms with Crippen molar-refractivity contribution in [2.45, 2.75) is 38.7 Å². The van der Waals surface area contributed by atoms with Gasteiger partial charge in [-0.2, -0.15) is 0 Å². The first-order valence-corrected chi connectivity index (χ1v) is 9.02. The molecule has 1 heterocycles. The second-order valence-electron chi connectivity index (χ2n) is 6.35. The summed E-state index contributed by atoms with van der Waals surface area (Å²) in [6.07, 6.45) is 1.45. The second-order valence-corrected chi connectivity index (χ2v) is 6.35. The minimum atomic E-state index is -0.923. The van der Waals surface area contributed by atoms with Gasteiger partial charge in [0, 0.05) is 12.0 Å². The van der Waals surface area contributed by atoms with E-state index in [0.29, 0.717) is 17.7 Å². The van der Waals surface area contributed by atoms with Crippen LogP contribution in [0.15, 0.2) is 48.5 Å². The number of esters is 1. The molecule has 2 N–H and O–H groups in total. The van der Waals surface area contributed by atoms with Crippen LogP contribution in [0.1, 0.15) is 42.8 Å². The fourth-order valence-electron chi connectivity index (χ4n) is 2.94. The van der Waals surface area contributed by atoms with Crippen LogP contribution in [-0.2, 0) is 22.4 Å². The van der Waals surface area contributed by atoms with Gasteiger partial charge in [-0.25, -0.2) is 4.98 Å². The number of nitrogens with one attached hydrogen (secondary N) is 1. The largest absolute Gasteiger partial charge is 0.466 e. The minimum absolute atomic E-state index is 0.0642. The van der Waals surface area contributed by atoms with E-state index in [4.69, 9.17) is 4.74 Å². The van der Waals surface area contributed by atoms with E-state index in [0.717, 1.165) is 30.6 Å². The van der Waals surface area contributed by atoms with Gasteiger partial charge < -0.3 is 14.8 Å². The lowest BCUT2D eigenvalue weighted by Crippen LogP contribution is -2.11. The minimum Gasteiger partial charge on any atom is -0.466 e. The Labute approximate surface area is 153 Å². The van der Waals surface area contributed by atoms with Gasteiger partial charge in [0.05, 0.1) is 30.2 Å². The van der Waals surface area contributed by atoms with Crippen LogP contribution < -0.4 is 0 Å². The highest BCUT2D eigenvalue weighted by Crippen LogP contribution is 2.25. The number of para-hydroxylation sites is 1. The molecule has 5 heteroatoms. The topological polar surface area (TPSA) is 75.2 Å². The first-order chi connectivity index (χ1) is 12.7. The third-order valence-electron chi connectivity index (χ3n) is 4.27. The van der Waals surface area contributed by atoms with Crippen molar-refractivity contribution in [2.75, 3.05) is 6.61 Å². The average Bonchev–Trinajstić information content (AvgIpc) is 3.08. The highest BCUT2D eigenvalue weighted by atomic mass is 16.5. The highest BCUT2D eigenvalue weighted by Gasteiger charge is 2.18. The molecule has 0 aliphatic carbocycles. The lowest BCUT2D eigenvalue weighted by Gasteiger charge is -2.11. The number of carbonyl (C=O) groups excluding carboxylic acids is 1. The number of imidazole rings is 1. The average molecular weight is 352 g/mol. The van der Waals surface area contributed by atoms with Crippen molar-refractivity contribution in [1.82, 2.24) is 9.97 Å². The van der Waals surface area contributed by atoms with Crippen LogP contribution in [-0.4, -0.2) is 27.7 Å². The Hall–Kier alpha value is -2.66. The molecule has 0 saturated carbocycles. The van der Waals surface area contributed by atoms with Gasteiger partial charge in [-0.1, -0.05) is 49.4 Å². The van der Waals surface area contributed by atoms with Gasteiger partial charge in [0.25, 0.3) is 0 Å². The number of rotatable bonds is 8. The molecule has 1 aromatic heterocycles. The summed E-state index contributed by atoms with van der Waals surface area (Å²) in [4.78, 5) is 19.7. The van der Waals surface area contributed by atoms with E-state index in [1.165, 1.54) is 5.56 Å². The Morgan fingerprint density at radius 1 is 1.15 bits per heavy atom. The molecule has 1 unspecified atom stereocenters. The molecule has 0 aliphatic heterocycles. The number of hydrogen-bond acceptors (Lipinski definition) is 4. The molecule has 0 aliphatic rings. The van der Waals surface area contributed by atoms with Gasteiger partial charge in [0.1, 0.15) is 5.82 Å². The summed E-state index contributed by atoms with van der Waals surface area (Å²) < 4.78 is 5.06. The van der Waals surface area contributed by atoms with Crippen molar-refractivity contribution in [3.8, 4) is 0 Å². The first-order valence-electron chi connectivity index (χ1n) is 9.02. The maximum absolute atomic E-state index is 11.8. The SMILES string of the molecule is CCCOC(=O)CC(O)c1cccc2[nH]c(CCc3ccccc3)nc12. The number of aliphatic hydroxyl groups is 1. The van der Waals surface area contributed by atoms with Gasteiger partial charge in [0.2, 0.25) is 0 Å². The van der Waals surface area contributed by atoms with Gasteiger partial charge >= 0.3 is 5.97 Å². The Bertz CT molecular complexity index is 858. The number of carbonyl (C=O) groups is 1.